The lowest BCUT2D eigenvalue weighted by Gasteiger charge is -2.28. The molecular weight excluding hydrogens is 586 g/mol. The van der Waals surface area contributed by atoms with Crippen LogP contribution in [-0.2, 0) is 37.1 Å². The van der Waals surface area contributed by atoms with Gasteiger partial charge in [0.1, 0.15) is 12.6 Å². The van der Waals surface area contributed by atoms with E-state index < -0.39 is 35.9 Å². The summed E-state index contributed by atoms with van der Waals surface area (Å²) in [5.41, 5.74) is 1.87. The Morgan fingerprint density at radius 2 is 1.66 bits per heavy atom. The average Bonchev–Trinajstić information content (AvgIpc) is 3.56. The molecule has 44 heavy (non-hydrogen) atoms. The highest BCUT2D eigenvalue weighted by atomic mass is 32.1. The number of nitrogens with one attached hydrogen (secondary N) is 3. The van der Waals surface area contributed by atoms with Crippen LogP contribution in [0.1, 0.15) is 43.7 Å². The van der Waals surface area contributed by atoms with Crippen molar-refractivity contribution in [3.05, 3.63) is 83.4 Å². The fraction of sp³-hybridized carbons (Fsp3) is 0.387. The van der Waals surface area contributed by atoms with Crippen LogP contribution in [0.4, 0.5) is 9.93 Å². The molecule has 0 fully saturated rings. The van der Waals surface area contributed by atoms with Crippen LogP contribution in [0.3, 0.4) is 0 Å². The van der Waals surface area contributed by atoms with Gasteiger partial charge in [-0.3, -0.25) is 19.6 Å². The monoisotopic (exact) mass is 625 g/mol. The quantitative estimate of drug-likeness (QED) is 0.0670. The molecule has 0 saturated carbocycles. The third-order valence-electron chi connectivity index (χ3n) is 6.81. The highest BCUT2D eigenvalue weighted by Gasteiger charge is 2.31. The Hall–Kier alpha value is -4.33. The number of hydrogen-bond acceptors (Lipinski definition) is 9. The Kier molecular flexibility index (Phi) is 14.8. The van der Waals surface area contributed by atoms with Gasteiger partial charge in [0.2, 0.25) is 18.2 Å². The Bertz CT molecular complexity index is 1280. The fourth-order valence-electron chi connectivity index (χ4n) is 4.34. The number of anilines is 1. The van der Waals surface area contributed by atoms with E-state index in [1.807, 2.05) is 60.7 Å². The van der Waals surface area contributed by atoms with Crippen molar-refractivity contribution in [3.8, 4) is 0 Å². The second kappa shape index (κ2) is 19.1. The lowest BCUT2D eigenvalue weighted by Crippen LogP contribution is -2.50. The zero-order valence-corrected chi connectivity index (χ0v) is 25.4. The lowest BCUT2D eigenvalue weighted by atomic mass is 9.93. The number of amides is 4. The van der Waals surface area contributed by atoms with E-state index in [9.17, 15) is 24.4 Å². The third-order valence-corrected chi connectivity index (χ3v) is 7.50. The van der Waals surface area contributed by atoms with E-state index >= 15 is 0 Å². The molecular formula is C31H39N5O7S. The molecule has 0 radical (unpaired) electrons. The van der Waals surface area contributed by atoms with Gasteiger partial charge in [-0.2, -0.15) is 0 Å². The Balaban J connectivity index is 1.55. The second-order valence-corrected chi connectivity index (χ2v) is 10.9. The average molecular weight is 626 g/mol. The van der Waals surface area contributed by atoms with Crippen LogP contribution in [-0.4, -0.2) is 64.8 Å². The van der Waals surface area contributed by atoms with Crippen LogP contribution in [0.2, 0.25) is 0 Å². The standard InChI is InChI=1S/C31H39N5O7S/c1-23(36(41)22-37)26(14-9-18-42-20-24-10-4-2-5-11-24)28(38)34-27(29(39)35-30-32-17-19-44-30)15-8-16-33-31(40)43-21-25-12-6-3-7-13-25/h2-7,10-13,17,19,22-23,26-27,41H,8-9,14-16,18,20-21H2,1H3,(H,33,40)(H,34,38)(H,32,35,39)/t23-,26+,27-/m0/s1. The van der Waals surface area contributed by atoms with Gasteiger partial charge in [-0.1, -0.05) is 60.7 Å². The third kappa shape index (κ3) is 12.1. The lowest BCUT2D eigenvalue weighted by molar-refractivity contribution is -0.166. The number of hydrogen-bond donors (Lipinski definition) is 4. The van der Waals surface area contributed by atoms with Crippen LogP contribution in [0.25, 0.3) is 0 Å². The first-order valence-corrected chi connectivity index (χ1v) is 15.2. The summed E-state index contributed by atoms with van der Waals surface area (Å²) in [6.45, 7) is 2.66. The van der Waals surface area contributed by atoms with Gasteiger partial charge in [0.05, 0.1) is 18.6 Å². The number of benzene rings is 2. The molecule has 0 bridgehead atoms. The predicted molar refractivity (Wildman–Crippen MR) is 165 cm³/mol. The predicted octanol–water partition coefficient (Wildman–Crippen LogP) is 4.12. The van der Waals surface area contributed by atoms with Gasteiger partial charge in [0.25, 0.3) is 0 Å². The van der Waals surface area contributed by atoms with E-state index in [1.54, 1.807) is 18.5 Å². The van der Waals surface area contributed by atoms with Crippen LogP contribution in [0, 0.1) is 5.92 Å². The molecule has 3 atom stereocenters. The normalized spacial score (nSPS) is 12.8. The molecule has 1 heterocycles. The first-order valence-electron chi connectivity index (χ1n) is 14.4. The summed E-state index contributed by atoms with van der Waals surface area (Å²) < 4.78 is 10.9. The van der Waals surface area contributed by atoms with Gasteiger partial charge in [-0.25, -0.2) is 14.8 Å². The second-order valence-electron chi connectivity index (χ2n) is 10.0. The van der Waals surface area contributed by atoms with Crippen LogP contribution < -0.4 is 16.0 Å². The molecule has 0 spiro atoms. The number of alkyl carbamates (subject to hydrolysis) is 1. The Morgan fingerprint density at radius 1 is 0.977 bits per heavy atom. The SMILES string of the molecule is C[C@@H]([C@@H](CCCOCc1ccccc1)C(=O)N[C@@H](CCCNC(=O)OCc1ccccc1)C(=O)Nc1nccs1)N(O)C=O. The van der Waals surface area contributed by atoms with E-state index in [4.69, 9.17) is 9.47 Å². The topological polar surface area (TPSA) is 159 Å². The number of ether oxygens (including phenoxy) is 2. The minimum Gasteiger partial charge on any atom is -0.445 e. The smallest absolute Gasteiger partial charge is 0.407 e. The minimum absolute atomic E-state index is 0.126. The maximum Gasteiger partial charge on any atom is 0.407 e. The van der Waals surface area contributed by atoms with Crippen molar-refractivity contribution >= 4 is 40.8 Å². The largest absolute Gasteiger partial charge is 0.445 e. The number of hydroxylamine groups is 2. The zero-order valence-electron chi connectivity index (χ0n) is 24.6. The van der Waals surface area contributed by atoms with E-state index in [-0.39, 0.29) is 26.0 Å². The number of carbonyl (C=O) groups is 4. The molecule has 1 aromatic heterocycles. The number of rotatable bonds is 19. The summed E-state index contributed by atoms with van der Waals surface area (Å²) in [6.07, 6.45) is 2.51. The van der Waals surface area contributed by atoms with Crippen molar-refractivity contribution in [1.82, 2.24) is 20.7 Å². The van der Waals surface area contributed by atoms with Gasteiger partial charge < -0.3 is 25.4 Å². The van der Waals surface area contributed by atoms with Gasteiger partial charge in [0.15, 0.2) is 5.13 Å². The maximum absolute atomic E-state index is 13.5. The highest BCUT2D eigenvalue weighted by molar-refractivity contribution is 7.13. The van der Waals surface area contributed by atoms with Crippen molar-refractivity contribution < 1.29 is 33.9 Å². The molecule has 4 N–H and O–H groups in total. The van der Waals surface area contributed by atoms with Crippen molar-refractivity contribution in [3.63, 3.8) is 0 Å². The summed E-state index contributed by atoms with van der Waals surface area (Å²) >= 11 is 1.23. The molecule has 0 aliphatic heterocycles. The molecule has 0 unspecified atom stereocenters. The van der Waals surface area contributed by atoms with E-state index in [0.717, 1.165) is 11.1 Å². The Labute approximate surface area is 260 Å². The highest BCUT2D eigenvalue weighted by Crippen LogP contribution is 2.18. The van der Waals surface area contributed by atoms with Gasteiger partial charge in [0, 0.05) is 24.7 Å². The van der Waals surface area contributed by atoms with E-state index in [0.29, 0.717) is 42.7 Å². The number of thiazole rings is 1. The van der Waals surface area contributed by atoms with Crippen LogP contribution >= 0.6 is 11.3 Å². The van der Waals surface area contributed by atoms with Gasteiger partial charge in [-0.05, 0) is 43.7 Å². The molecule has 12 nitrogen and oxygen atoms in total. The molecule has 0 saturated heterocycles. The Morgan fingerprint density at radius 3 is 2.30 bits per heavy atom. The summed E-state index contributed by atoms with van der Waals surface area (Å²) in [5.74, 6) is -1.81. The first kappa shape index (κ1) is 34.2. The number of aromatic nitrogens is 1. The molecule has 3 rings (SSSR count). The number of nitrogens with zero attached hydrogens (tertiary/aromatic N) is 2. The minimum atomic E-state index is -0.971. The van der Waals surface area contributed by atoms with E-state index in [2.05, 4.69) is 20.9 Å². The molecule has 2 aromatic carbocycles. The maximum atomic E-state index is 13.5. The molecule has 13 heteroatoms. The molecule has 0 aliphatic carbocycles. The van der Waals surface area contributed by atoms with Crippen molar-refractivity contribution in [1.29, 1.82) is 0 Å². The zero-order chi connectivity index (χ0) is 31.6. The summed E-state index contributed by atoms with van der Waals surface area (Å²) in [6, 6.07) is 17.1. The van der Waals surface area contributed by atoms with Gasteiger partial charge >= 0.3 is 6.09 Å². The molecule has 3 aromatic rings. The summed E-state index contributed by atoms with van der Waals surface area (Å²) in [4.78, 5) is 54.1. The summed E-state index contributed by atoms with van der Waals surface area (Å²) in [5, 5.41) is 20.7. The first-order chi connectivity index (χ1) is 21.4. The molecule has 0 aliphatic rings. The van der Waals surface area contributed by atoms with Crippen molar-refractivity contribution in [2.45, 2.75) is 57.9 Å². The summed E-state index contributed by atoms with van der Waals surface area (Å²) in [7, 11) is 0. The van der Waals surface area contributed by atoms with Crippen LogP contribution in [0.5, 0.6) is 0 Å². The number of carbonyl (C=O) groups excluding carboxylic acids is 4. The van der Waals surface area contributed by atoms with Crippen molar-refractivity contribution in [2.24, 2.45) is 5.92 Å². The molecule has 236 valence electrons. The van der Waals surface area contributed by atoms with E-state index in [1.165, 1.54) is 11.3 Å². The van der Waals surface area contributed by atoms with Crippen LogP contribution in [0.15, 0.2) is 72.2 Å². The van der Waals surface area contributed by atoms with Crippen molar-refractivity contribution in [2.75, 3.05) is 18.5 Å². The van der Waals surface area contributed by atoms with Gasteiger partial charge in [-0.15, -0.1) is 11.3 Å². The molecule has 4 amide bonds. The fourth-order valence-corrected chi connectivity index (χ4v) is 4.87.